The summed E-state index contributed by atoms with van der Waals surface area (Å²) < 4.78 is 6.06. The molecule has 0 heterocycles. The first-order chi connectivity index (χ1) is 13.6. The van der Waals surface area contributed by atoms with E-state index < -0.39 is 0 Å². The van der Waals surface area contributed by atoms with Crippen molar-refractivity contribution in [3.8, 4) is 5.75 Å². The van der Waals surface area contributed by atoms with Crippen LogP contribution in [0.5, 0.6) is 5.75 Å². The zero-order chi connectivity index (χ0) is 19.6. The summed E-state index contributed by atoms with van der Waals surface area (Å²) in [5, 5.41) is 1.12. The van der Waals surface area contributed by atoms with Crippen molar-refractivity contribution in [3.05, 3.63) is 29.3 Å². The van der Waals surface area contributed by atoms with Crippen LogP contribution in [0.4, 0.5) is 0 Å². The number of ether oxygens (including phenoxy) is 1. The fraction of sp³-hybridized carbons (Fsp3) is 0.720. The lowest BCUT2D eigenvalue weighted by Gasteiger charge is -2.48. The van der Waals surface area contributed by atoms with Gasteiger partial charge in [0.15, 0.2) is 0 Å². The molecule has 0 radical (unpaired) electrons. The normalized spacial score (nSPS) is 31.2. The van der Waals surface area contributed by atoms with Crippen LogP contribution in [0.1, 0.15) is 88.2 Å². The molecule has 154 valence electrons. The van der Waals surface area contributed by atoms with Gasteiger partial charge in [0, 0.05) is 17.2 Å². The molecule has 0 spiro atoms. The van der Waals surface area contributed by atoms with Gasteiger partial charge in [0.25, 0.3) is 0 Å². The van der Waals surface area contributed by atoms with Gasteiger partial charge in [-0.3, -0.25) is 4.79 Å². The van der Waals surface area contributed by atoms with E-state index in [4.69, 9.17) is 4.74 Å². The zero-order valence-corrected chi connectivity index (χ0v) is 18.9. The van der Waals surface area contributed by atoms with E-state index in [0.29, 0.717) is 23.5 Å². The summed E-state index contributed by atoms with van der Waals surface area (Å²) in [6, 6.07) is 6.85. The summed E-state index contributed by atoms with van der Waals surface area (Å²) in [5.74, 6) is 3.58. The van der Waals surface area contributed by atoms with E-state index in [-0.39, 0.29) is 5.41 Å². The highest BCUT2D eigenvalue weighted by Crippen LogP contribution is 2.59. The van der Waals surface area contributed by atoms with Crippen molar-refractivity contribution in [2.24, 2.45) is 17.3 Å². The van der Waals surface area contributed by atoms with Crippen molar-refractivity contribution >= 4 is 21.7 Å². The van der Waals surface area contributed by atoms with Crippen LogP contribution >= 0.6 is 15.9 Å². The number of fused-ring (bicyclic) bond motifs is 5. The maximum absolute atomic E-state index is 12.5. The molecule has 2 saturated carbocycles. The molecule has 28 heavy (non-hydrogen) atoms. The Kier molecular flexibility index (Phi) is 6.50. The molecule has 1 aromatic carbocycles. The quantitative estimate of drug-likeness (QED) is 0.322. The Morgan fingerprint density at radius 3 is 2.75 bits per heavy atom. The third-order valence-corrected chi connectivity index (χ3v) is 8.51. The number of ketones is 1. The van der Waals surface area contributed by atoms with Crippen molar-refractivity contribution < 1.29 is 9.53 Å². The monoisotopic (exact) mass is 446 g/mol. The van der Waals surface area contributed by atoms with Gasteiger partial charge < -0.3 is 4.74 Å². The second-order valence-corrected chi connectivity index (χ2v) is 10.3. The number of hydrogen-bond acceptors (Lipinski definition) is 2. The first kappa shape index (κ1) is 20.4. The Morgan fingerprint density at radius 2 is 1.89 bits per heavy atom. The zero-order valence-electron chi connectivity index (χ0n) is 17.4. The Balaban J connectivity index is 1.35. The molecule has 0 aliphatic heterocycles. The molecule has 1 aromatic rings. The lowest BCUT2D eigenvalue weighted by molar-refractivity contribution is -0.129. The summed E-state index contributed by atoms with van der Waals surface area (Å²) >= 11 is 3.49. The summed E-state index contributed by atoms with van der Waals surface area (Å²) in [4.78, 5) is 12.5. The smallest absolute Gasteiger partial charge is 0.139 e. The van der Waals surface area contributed by atoms with E-state index in [1.54, 1.807) is 5.56 Å². The van der Waals surface area contributed by atoms with Crippen LogP contribution < -0.4 is 4.74 Å². The van der Waals surface area contributed by atoms with E-state index in [0.717, 1.165) is 49.8 Å². The van der Waals surface area contributed by atoms with Gasteiger partial charge in [-0.05, 0) is 86.0 Å². The van der Waals surface area contributed by atoms with Gasteiger partial charge in [-0.1, -0.05) is 48.2 Å². The number of carbonyl (C=O) groups is 1. The molecular weight excluding hydrogens is 412 g/mol. The van der Waals surface area contributed by atoms with E-state index in [1.165, 1.54) is 44.1 Å². The van der Waals surface area contributed by atoms with E-state index >= 15 is 0 Å². The number of unbranched alkanes of at least 4 members (excludes halogenated alkanes) is 4. The Bertz CT molecular complexity index is 700. The molecule has 3 unspecified atom stereocenters. The average molecular weight is 447 g/mol. The maximum atomic E-state index is 12.5. The fourth-order valence-corrected chi connectivity index (χ4v) is 6.73. The van der Waals surface area contributed by atoms with E-state index in [2.05, 4.69) is 41.1 Å². The SMILES string of the molecule is C[C@]12CCC3c4ccc(OCCCCCCCBr)cc4CCC3C1CCC2=O. The third-order valence-electron chi connectivity index (χ3n) is 7.95. The average Bonchev–Trinajstić information content (AvgIpc) is 3.02. The summed E-state index contributed by atoms with van der Waals surface area (Å²) in [5.41, 5.74) is 3.04. The molecule has 0 bridgehead atoms. The molecular formula is C25H35BrO2. The maximum Gasteiger partial charge on any atom is 0.139 e. The molecule has 4 rings (SSSR count). The number of carbonyl (C=O) groups excluding carboxylic acids is 1. The van der Waals surface area contributed by atoms with Gasteiger partial charge in [-0.25, -0.2) is 0 Å². The number of alkyl halides is 1. The molecule has 3 aliphatic rings. The second kappa shape index (κ2) is 8.90. The number of Topliss-reactive ketones (excluding diaryl/α,β-unsaturated/α-hetero) is 1. The van der Waals surface area contributed by atoms with Gasteiger partial charge in [-0.2, -0.15) is 0 Å². The van der Waals surface area contributed by atoms with Crippen LogP contribution in [-0.2, 0) is 11.2 Å². The topological polar surface area (TPSA) is 26.3 Å². The van der Waals surface area contributed by atoms with Crippen LogP contribution in [-0.4, -0.2) is 17.7 Å². The van der Waals surface area contributed by atoms with Crippen molar-refractivity contribution in [2.75, 3.05) is 11.9 Å². The van der Waals surface area contributed by atoms with Gasteiger partial charge in [0.05, 0.1) is 6.61 Å². The minimum absolute atomic E-state index is 0.0176. The van der Waals surface area contributed by atoms with Gasteiger partial charge in [-0.15, -0.1) is 0 Å². The van der Waals surface area contributed by atoms with Gasteiger partial charge in [0.2, 0.25) is 0 Å². The predicted molar refractivity (Wildman–Crippen MR) is 118 cm³/mol. The molecule has 0 N–H and O–H groups in total. The van der Waals surface area contributed by atoms with Crippen molar-refractivity contribution in [3.63, 3.8) is 0 Å². The first-order valence-electron chi connectivity index (χ1n) is 11.5. The Hall–Kier alpha value is -0.830. The second-order valence-electron chi connectivity index (χ2n) is 9.50. The molecule has 3 aliphatic carbocycles. The lowest BCUT2D eigenvalue weighted by Crippen LogP contribution is -2.42. The molecule has 2 fully saturated rings. The van der Waals surface area contributed by atoms with Crippen LogP contribution in [0.3, 0.4) is 0 Å². The molecule has 0 saturated heterocycles. The number of aryl methyl sites for hydroxylation is 1. The molecule has 4 atom stereocenters. The third kappa shape index (κ3) is 3.93. The Morgan fingerprint density at radius 1 is 1.07 bits per heavy atom. The first-order valence-corrected chi connectivity index (χ1v) is 12.6. The minimum Gasteiger partial charge on any atom is -0.494 e. The largest absolute Gasteiger partial charge is 0.494 e. The minimum atomic E-state index is -0.0176. The highest BCUT2D eigenvalue weighted by molar-refractivity contribution is 9.09. The summed E-state index contributed by atoms with van der Waals surface area (Å²) in [7, 11) is 0. The Labute approximate surface area is 178 Å². The van der Waals surface area contributed by atoms with Crippen LogP contribution in [0.25, 0.3) is 0 Å². The number of benzene rings is 1. The molecule has 2 nitrogen and oxygen atoms in total. The summed E-state index contributed by atoms with van der Waals surface area (Å²) in [6.45, 7) is 3.09. The van der Waals surface area contributed by atoms with Gasteiger partial charge >= 0.3 is 0 Å². The molecule has 0 aromatic heterocycles. The van der Waals surface area contributed by atoms with Crippen LogP contribution in [0.15, 0.2) is 18.2 Å². The van der Waals surface area contributed by atoms with Crippen LogP contribution in [0.2, 0.25) is 0 Å². The van der Waals surface area contributed by atoms with Gasteiger partial charge in [0.1, 0.15) is 11.5 Å². The number of rotatable bonds is 8. The number of halogens is 1. The summed E-state index contributed by atoms with van der Waals surface area (Å²) in [6.07, 6.45) is 12.9. The molecule has 0 amide bonds. The number of hydrogen-bond donors (Lipinski definition) is 0. The van der Waals surface area contributed by atoms with Crippen molar-refractivity contribution in [2.45, 2.75) is 83.5 Å². The van der Waals surface area contributed by atoms with Crippen molar-refractivity contribution in [1.82, 2.24) is 0 Å². The standard InChI is InChI=1S/C25H35BrO2/c1-25-14-13-21-20-10-8-19(28-16-6-4-2-3-5-15-26)17-18(20)7-9-22(21)23(25)11-12-24(25)27/h8,10,17,21-23H,2-7,9,11-16H2,1H3/t21?,22?,23?,25-/m0/s1. The molecule has 3 heteroatoms. The van der Waals surface area contributed by atoms with Crippen molar-refractivity contribution in [1.29, 1.82) is 0 Å². The highest BCUT2D eigenvalue weighted by Gasteiger charge is 2.54. The lowest BCUT2D eigenvalue weighted by atomic mass is 9.55. The van der Waals surface area contributed by atoms with E-state index in [1.807, 2.05) is 0 Å². The van der Waals surface area contributed by atoms with Crippen LogP contribution in [0, 0.1) is 17.3 Å². The predicted octanol–water partition coefficient (Wildman–Crippen LogP) is 6.84. The fourth-order valence-electron chi connectivity index (χ4n) is 6.34. The van der Waals surface area contributed by atoms with E-state index in [9.17, 15) is 4.79 Å². The highest BCUT2D eigenvalue weighted by atomic mass is 79.9.